The first-order chi connectivity index (χ1) is 9.05. The number of hydrogen-bond acceptors (Lipinski definition) is 5. The van der Waals surface area contributed by atoms with Crippen molar-refractivity contribution in [2.45, 2.75) is 18.5 Å². The first kappa shape index (κ1) is 16.0. The van der Waals surface area contributed by atoms with Gasteiger partial charge in [-0.25, -0.2) is 14.8 Å². The molecule has 0 unspecified atom stereocenters. The molecule has 11 heteroatoms. The minimum Gasteiger partial charge on any atom is -0.464 e. The second-order valence-electron chi connectivity index (χ2n) is 3.31. The number of esters is 1. The van der Waals surface area contributed by atoms with Crippen LogP contribution >= 0.6 is 0 Å². The number of aromatic nitrogens is 2. The van der Waals surface area contributed by atoms with E-state index in [-0.39, 0.29) is 0 Å². The average Bonchev–Trinajstić information content (AvgIpc) is 2.33. The summed E-state index contributed by atoms with van der Waals surface area (Å²) < 4.78 is 81.1. The van der Waals surface area contributed by atoms with Gasteiger partial charge in [0, 0.05) is 0 Å². The van der Waals surface area contributed by atoms with E-state index in [1.165, 1.54) is 0 Å². The Hall–Kier alpha value is -2.07. The molecule has 0 aliphatic rings. The molecule has 5 nitrogen and oxygen atoms in total. The van der Waals surface area contributed by atoms with Gasteiger partial charge in [0.1, 0.15) is 0 Å². The number of alkyl halides is 6. The Balaban J connectivity index is 2.93. The molecular formula is C9H6F6N2O3. The van der Waals surface area contributed by atoms with Gasteiger partial charge in [0.25, 0.3) is 6.10 Å². The first-order valence-corrected chi connectivity index (χ1v) is 4.76. The summed E-state index contributed by atoms with van der Waals surface area (Å²) in [6.45, 7) is 0. The van der Waals surface area contributed by atoms with Crippen LogP contribution in [-0.4, -0.2) is 41.5 Å². The third-order valence-electron chi connectivity index (χ3n) is 1.86. The molecule has 0 atom stereocenters. The Bertz CT molecular complexity index is 456. The van der Waals surface area contributed by atoms with Crippen molar-refractivity contribution in [1.82, 2.24) is 9.97 Å². The third kappa shape index (κ3) is 3.96. The van der Waals surface area contributed by atoms with Crippen molar-refractivity contribution in [1.29, 1.82) is 0 Å². The Morgan fingerprint density at radius 1 is 1.10 bits per heavy atom. The van der Waals surface area contributed by atoms with Gasteiger partial charge >= 0.3 is 18.3 Å². The van der Waals surface area contributed by atoms with E-state index in [9.17, 15) is 31.1 Å². The number of halogens is 6. The summed E-state index contributed by atoms with van der Waals surface area (Å²) in [6.07, 6.45) is -14.3. The van der Waals surface area contributed by atoms with Crippen molar-refractivity contribution in [2.75, 3.05) is 7.11 Å². The van der Waals surface area contributed by atoms with Crippen LogP contribution in [0.25, 0.3) is 0 Å². The normalized spacial score (nSPS) is 12.4. The van der Waals surface area contributed by atoms with E-state index in [4.69, 9.17) is 0 Å². The maximum atomic E-state index is 12.2. The van der Waals surface area contributed by atoms with Crippen LogP contribution in [-0.2, 0) is 4.74 Å². The molecule has 1 aromatic heterocycles. The lowest BCUT2D eigenvalue weighted by Gasteiger charge is -2.22. The van der Waals surface area contributed by atoms with Crippen LogP contribution in [0.5, 0.6) is 5.88 Å². The van der Waals surface area contributed by atoms with E-state index in [2.05, 4.69) is 19.4 Å². The molecule has 0 saturated carbocycles. The lowest BCUT2D eigenvalue weighted by atomic mass is 10.3. The van der Waals surface area contributed by atoms with Gasteiger partial charge in [0.15, 0.2) is 5.69 Å². The number of nitrogens with zero attached hydrogens (tertiary/aromatic N) is 2. The van der Waals surface area contributed by atoms with Crippen LogP contribution in [0.4, 0.5) is 26.3 Å². The molecule has 112 valence electrons. The van der Waals surface area contributed by atoms with Gasteiger partial charge in [0.05, 0.1) is 19.5 Å². The average molecular weight is 304 g/mol. The Kier molecular flexibility index (Phi) is 4.40. The highest BCUT2D eigenvalue weighted by Gasteiger charge is 2.59. The molecule has 0 radical (unpaired) electrons. The molecule has 1 rings (SSSR count). The van der Waals surface area contributed by atoms with Crippen molar-refractivity contribution in [3.63, 3.8) is 0 Å². The fraction of sp³-hybridized carbons (Fsp3) is 0.444. The highest BCUT2D eigenvalue weighted by atomic mass is 19.4. The van der Waals surface area contributed by atoms with E-state index >= 15 is 0 Å². The minimum absolute atomic E-state index is 0.393. The van der Waals surface area contributed by atoms with Crippen LogP contribution in [0.3, 0.4) is 0 Å². The number of rotatable bonds is 3. The van der Waals surface area contributed by atoms with Gasteiger partial charge < -0.3 is 9.47 Å². The lowest BCUT2D eigenvalue weighted by molar-refractivity contribution is -0.300. The zero-order valence-corrected chi connectivity index (χ0v) is 9.62. The van der Waals surface area contributed by atoms with Gasteiger partial charge in [-0.05, 0) is 0 Å². The van der Waals surface area contributed by atoms with Gasteiger partial charge in [-0.3, -0.25) is 0 Å². The van der Waals surface area contributed by atoms with Crippen molar-refractivity contribution in [3.05, 3.63) is 18.1 Å². The van der Waals surface area contributed by atoms with E-state index < -0.39 is 36.0 Å². The summed E-state index contributed by atoms with van der Waals surface area (Å²) in [5.41, 5.74) is -0.393. The maximum Gasteiger partial charge on any atom is 0.434 e. The minimum atomic E-state index is -5.67. The molecule has 0 aliphatic carbocycles. The summed E-state index contributed by atoms with van der Waals surface area (Å²) in [5, 5.41) is 0. The number of hydrogen-bond donors (Lipinski definition) is 0. The molecule has 20 heavy (non-hydrogen) atoms. The highest BCUT2D eigenvalue weighted by Crippen LogP contribution is 2.35. The molecule has 0 fully saturated rings. The summed E-state index contributed by atoms with van der Waals surface area (Å²) in [5.74, 6) is -1.98. The van der Waals surface area contributed by atoms with Crippen molar-refractivity contribution < 1.29 is 40.6 Å². The largest absolute Gasteiger partial charge is 0.464 e. The SMILES string of the molecule is COC(=O)c1cnc(OC(C(F)(F)F)C(F)(F)F)cn1. The summed E-state index contributed by atoms with van der Waals surface area (Å²) >= 11 is 0. The molecule has 0 amide bonds. The second kappa shape index (κ2) is 5.51. The third-order valence-corrected chi connectivity index (χ3v) is 1.86. The van der Waals surface area contributed by atoms with E-state index in [1.807, 2.05) is 0 Å². The van der Waals surface area contributed by atoms with Crippen LogP contribution in [0.1, 0.15) is 10.5 Å². The molecular weight excluding hydrogens is 298 g/mol. The summed E-state index contributed by atoms with van der Waals surface area (Å²) in [6, 6.07) is 0. The zero-order valence-electron chi connectivity index (χ0n) is 9.62. The molecule has 0 N–H and O–H groups in total. The van der Waals surface area contributed by atoms with Crippen molar-refractivity contribution in [3.8, 4) is 5.88 Å². The van der Waals surface area contributed by atoms with E-state index in [1.54, 1.807) is 0 Å². The van der Waals surface area contributed by atoms with Gasteiger partial charge in [-0.15, -0.1) is 0 Å². The fourth-order valence-electron chi connectivity index (χ4n) is 1.03. The van der Waals surface area contributed by atoms with Crippen LogP contribution < -0.4 is 4.74 Å². The molecule has 0 aromatic carbocycles. The molecule has 1 aromatic rings. The van der Waals surface area contributed by atoms with E-state index in [0.29, 0.717) is 12.4 Å². The van der Waals surface area contributed by atoms with Crippen molar-refractivity contribution in [2.24, 2.45) is 0 Å². The van der Waals surface area contributed by atoms with Crippen LogP contribution in [0, 0.1) is 0 Å². The first-order valence-electron chi connectivity index (χ1n) is 4.76. The second-order valence-corrected chi connectivity index (χ2v) is 3.31. The van der Waals surface area contributed by atoms with E-state index in [0.717, 1.165) is 7.11 Å². The van der Waals surface area contributed by atoms with Gasteiger partial charge in [0.2, 0.25) is 5.88 Å². The summed E-state index contributed by atoms with van der Waals surface area (Å²) in [4.78, 5) is 17.3. The fourth-order valence-corrected chi connectivity index (χ4v) is 1.03. The van der Waals surface area contributed by atoms with Crippen LogP contribution in [0.15, 0.2) is 12.4 Å². The number of carbonyl (C=O) groups is 1. The lowest BCUT2D eigenvalue weighted by Crippen LogP contribution is -2.46. The number of carbonyl (C=O) groups excluding carboxylic acids is 1. The Morgan fingerprint density at radius 3 is 2.00 bits per heavy atom. The zero-order chi connectivity index (χ0) is 15.6. The molecule has 0 aliphatic heterocycles. The Morgan fingerprint density at radius 2 is 1.65 bits per heavy atom. The van der Waals surface area contributed by atoms with Gasteiger partial charge in [-0.1, -0.05) is 0 Å². The molecule has 0 saturated heterocycles. The number of ether oxygens (including phenoxy) is 2. The predicted octanol–water partition coefficient (Wildman–Crippen LogP) is 2.14. The topological polar surface area (TPSA) is 61.3 Å². The molecule has 1 heterocycles. The quantitative estimate of drug-likeness (QED) is 0.632. The molecule has 0 bridgehead atoms. The number of methoxy groups -OCH3 is 1. The predicted molar refractivity (Wildman–Crippen MR) is 49.9 cm³/mol. The molecule has 0 spiro atoms. The van der Waals surface area contributed by atoms with Crippen molar-refractivity contribution >= 4 is 5.97 Å². The highest BCUT2D eigenvalue weighted by molar-refractivity contribution is 5.86. The monoisotopic (exact) mass is 304 g/mol. The van der Waals surface area contributed by atoms with Gasteiger partial charge in [-0.2, -0.15) is 26.3 Å². The maximum absolute atomic E-state index is 12.2. The van der Waals surface area contributed by atoms with Crippen LogP contribution in [0.2, 0.25) is 0 Å². The smallest absolute Gasteiger partial charge is 0.434 e. The summed E-state index contributed by atoms with van der Waals surface area (Å²) in [7, 11) is 1.01. The standard InChI is InChI=1S/C9H6F6N2O3/c1-19-6(18)4-2-17-5(3-16-4)20-7(8(10,11)12)9(13,14)15/h2-3,7H,1H3. The Labute approximate surface area is 107 Å².